The van der Waals surface area contributed by atoms with Crippen LogP contribution < -0.4 is 15.8 Å². The second-order valence-electron chi connectivity index (χ2n) is 6.77. The number of carbonyl (C=O) groups excluding carboxylic acids is 3. The Morgan fingerprint density at radius 1 is 1.06 bits per heavy atom. The molecule has 10 nitrogen and oxygen atoms in total. The van der Waals surface area contributed by atoms with Gasteiger partial charge in [0.25, 0.3) is 0 Å². The second-order valence-corrected chi connectivity index (χ2v) is 6.77. The number of nitrogens with one attached hydrogen (secondary N) is 1. The Labute approximate surface area is 188 Å². The van der Waals surface area contributed by atoms with Crippen LogP contribution in [0.25, 0.3) is 11.0 Å². The Hall–Kier alpha value is -4.34. The lowest BCUT2D eigenvalue weighted by atomic mass is 10.1. The molecule has 0 radical (unpaired) electrons. The van der Waals surface area contributed by atoms with Gasteiger partial charge in [-0.3, -0.25) is 10.2 Å². The zero-order chi connectivity index (χ0) is 24.0. The second kappa shape index (κ2) is 10.3. The van der Waals surface area contributed by atoms with Gasteiger partial charge in [-0.2, -0.15) is 0 Å². The fourth-order valence-electron chi connectivity index (χ4n) is 3.11. The summed E-state index contributed by atoms with van der Waals surface area (Å²) in [6.45, 7) is 1.67. The minimum Gasteiger partial charge on any atom is -0.457 e. The number of ether oxygens (including phenoxy) is 3. The third-order valence-electron chi connectivity index (χ3n) is 4.64. The first kappa shape index (κ1) is 23.3. The van der Waals surface area contributed by atoms with Crippen LogP contribution in [0.5, 0.6) is 0 Å². The topological polar surface area (TPSA) is 124 Å². The molecule has 0 bridgehead atoms. The van der Waals surface area contributed by atoms with Crippen molar-refractivity contribution >= 4 is 40.5 Å². The largest absolute Gasteiger partial charge is 0.457 e. The molecule has 1 aromatic heterocycles. The van der Waals surface area contributed by atoms with Crippen LogP contribution in [0.2, 0.25) is 0 Å². The van der Waals surface area contributed by atoms with E-state index in [-0.39, 0.29) is 24.4 Å². The van der Waals surface area contributed by atoms with Gasteiger partial charge in [-0.25, -0.2) is 19.2 Å². The summed E-state index contributed by atoms with van der Waals surface area (Å²) in [6, 6.07) is 12.3. The Balaban J connectivity index is 1.83. The summed E-state index contributed by atoms with van der Waals surface area (Å²) in [5.74, 6) is -0.691. The van der Waals surface area contributed by atoms with Crippen molar-refractivity contribution in [1.82, 2.24) is 0 Å². The number of fused-ring (bicyclic) bond motifs is 1. The van der Waals surface area contributed by atoms with E-state index < -0.39 is 23.8 Å². The third-order valence-corrected chi connectivity index (χ3v) is 4.64. The van der Waals surface area contributed by atoms with Gasteiger partial charge in [0.2, 0.25) is 0 Å². The van der Waals surface area contributed by atoms with Crippen molar-refractivity contribution in [3.05, 3.63) is 70.1 Å². The lowest BCUT2D eigenvalue weighted by Gasteiger charge is -2.18. The van der Waals surface area contributed by atoms with Gasteiger partial charge in [0.05, 0.1) is 25.0 Å². The van der Waals surface area contributed by atoms with Gasteiger partial charge in [0.15, 0.2) is 0 Å². The zero-order valence-electron chi connectivity index (χ0n) is 18.2. The van der Waals surface area contributed by atoms with Crippen LogP contribution in [0.3, 0.4) is 0 Å². The highest BCUT2D eigenvalue weighted by Gasteiger charge is 2.20. The number of anilines is 2. The smallest absolute Gasteiger partial charge is 0.413 e. The van der Waals surface area contributed by atoms with Gasteiger partial charge in [-0.15, -0.1) is 0 Å². The average molecular weight is 454 g/mol. The number of hydrogen-bond donors (Lipinski definition) is 1. The standard InChI is InChI=1S/C23H22N2O8/c1-4-31-22(28)24-15-9-10-16-14(11-20(26)33-19(16)12-15)13-32-21(27)17-7-5-6-8-18(17)25(2)23(29)30-3/h5-12H,4,13H2,1-3H3,(H,24,28). The molecule has 10 heteroatoms. The normalized spacial score (nSPS) is 10.4. The molecule has 0 atom stereocenters. The predicted molar refractivity (Wildman–Crippen MR) is 119 cm³/mol. The van der Waals surface area contributed by atoms with Gasteiger partial charge in [0, 0.05) is 35.8 Å². The molecule has 33 heavy (non-hydrogen) atoms. The highest BCUT2D eigenvalue weighted by atomic mass is 16.6. The number of hydrogen-bond acceptors (Lipinski definition) is 8. The molecule has 0 aliphatic rings. The van der Waals surface area contributed by atoms with Gasteiger partial charge in [-0.1, -0.05) is 12.1 Å². The maximum Gasteiger partial charge on any atom is 0.413 e. The number of esters is 1. The molecule has 0 saturated heterocycles. The highest BCUT2D eigenvalue weighted by molar-refractivity contribution is 6.00. The van der Waals surface area contributed by atoms with Crippen LogP contribution >= 0.6 is 0 Å². The first-order valence-corrected chi connectivity index (χ1v) is 9.92. The number of para-hydroxylation sites is 1. The summed E-state index contributed by atoms with van der Waals surface area (Å²) >= 11 is 0. The van der Waals surface area contributed by atoms with Crippen LogP contribution in [-0.2, 0) is 20.8 Å². The molecular formula is C23H22N2O8. The Kier molecular flexibility index (Phi) is 7.29. The van der Waals surface area contributed by atoms with Crippen LogP contribution in [0.15, 0.2) is 57.7 Å². The number of benzene rings is 2. The quantitative estimate of drug-likeness (QED) is 0.338. The van der Waals surface area contributed by atoms with Crippen molar-refractivity contribution in [2.75, 3.05) is 31.0 Å². The van der Waals surface area contributed by atoms with E-state index in [1.807, 2.05) is 0 Å². The summed E-state index contributed by atoms with van der Waals surface area (Å²) in [6.07, 6.45) is -1.28. The molecule has 0 saturated carbocycles. The molecule has 172 valence electrons. The highest BCUT2D eigenvalue weighted by Crippen LogP contribution is 2.24. The maximum atomic E-state index is 12.7. The van der Waals surface area contributed by atoms with E-state index in [0.717, 1.165) is 0 Å². The summed E-state index contributed by atoms with van der Waals surface area (Å²) in [5, 5.41) is 3.05. The minimum atomic E-state index is -0.691. The maximum absolute atomic E-state index is 12.7. The molecule has 2 aromatic carbocycles. The SMILES string of the molecule is CCOC(=O)Nc1ccc2c(COC(=O)c3ccccc3N(C)C(=O)OC)cc(=O)oc2c1. The van der Waals surface area contributed by atoms with Gasteiger partial charge in [-0.05, 0) is 31.2 Å². The predicted octanol–water partition coefficient (Wildman–Crippen LogP) is 3.92. The summed E-state index contributed by atoms with van der Waals surface area (Å²) in [7, 11) is 2.70. The summed E-state index contributed by atoms with van der Waals surface area (Å²) in [4.78, 5) is 49.4. The number of carbonyl (C=O) groups is 3. The number of rotatable bonds is 6. The van der Waals surface area contributed by atoms with Crippen molar-refractivity contribution in [3.63, 3.8) is 0 Å². The van der Waals surface area contributed by atoms with E-state index in [2.05, 4.69) is 5.32 Å². The van der Waals surface area contributed by atoms with Crippen LogP contribution in [0, 0.1) is 0 Å². The number of methoxy groups -OCH3 is 1. The van der Waals surface area contributed by atoms with E-state index >= 15 is 0 Å². The monoisotopic (exact) mass is 454 g/mol. The molecule has 0 aliphatic heterocycles. The zero-order valence-corrected chi connectivity index (χ0v) is 18.2. The summed E-state index contributed by atoms with van der Waals surface area (Å²) < 4.78 is 20.2. The fraction of sp³-hybridized carbons (Fsp3) is 0.217. The van der Waals surface area contributed by atoms with Crippen molar-refractivity contribution in [3.8, 4) is 0 Å². The lowest BCUT2D eigenvalue weighted by Crippen LogP contribution is -2.27. The van der Waals surface area contributed by atoms with Crippen molar-refractivity contribution in [2.45, 2.75) is 13.5 Å². The molecule has 1 N–H and O–H groups in total. The summed E-state index contributed by atoms with van der Waals surface area (Å²) in [5.41, 5.74) is 0.801. The number of amides is 2. The van der Waals surface area contributed by atoms with E-state index in [1.54, 1.807) is 37.3 Å². The third kappa shape index (κ3) is 5.48. The van der Waals surface area contributed by atoms with Crippen molar-refractivity contribution < 1.29 is 33.0 Å². The lowest BCUT2D eigenvalue weighted by molar-refractivity contribution is 0.0474. The van der Waals surface area contributed by atoms with Crippen molar-refractivity contribution in [1.29, 1.82) is 0 Å². The minimum absolute atomic E-state index is 0.151. The van der Waals surface area contributed by atoms with Crippen LogP contribution in [-0.4, -0.2) is 38.9 Å². The molecule has 0 fully saturated rings. The van der Waals surface area contributed by atoms with Crippen LogP contribution in [0.4, 0.5) is 21.0 Å². The molecule has 3 aromatic rings. The molecule has 0 unspecified atom stereocenters. The molecule has 0 aliphatic carbocycles. The van der Waals surface area contributed by atoms with E-state index in [4.69, 9.17) is 18.6 Å². The fourth-order valence-corrected chi connectivity index (χ4v) is 3.11. The van der Waals surface area contributed by atoms with Gasteiger partial charge >= 0.3 is 23.8 Å². The Bertz CT molecular complexity index is 1250. The van der Waals surface area contributed by atoms with E-state index in [9.17, 15) is 19.2 Å². The molecule has 3 rings (SSSR count). The van der Waals surface area contributed by atoms with E-state index in [1.165, 1.54) is 37.3 Å². The Morgan fingerprint density at radius 2 is 1.82 bits per heavy atom. The molecular weight excluding hydrogens is 432 g/mol. The van der Waals surface area contributed by atoms with E-state index in [0.29, 0.717) is 22.3 Å². The van der Waals surface area contributed by atoms with Gasteiger partial charge < -0.3 is 18.6 Å². The molecule has 2 amide bonds. The van der Waals surface area contributed by atoms with Crippen molar-refractivity contribution in [2.24, 2.45) is 0 Å². The first-order chi connectivity index (χ1) is 15.8. The van der Waals surface area contributed by atoms with Crippen LogP contribution in [0.1, 0.15) is 22.8 Å². The molecule has 0 spiro atoms. The van der Waals surface area contributed by atoms with Gasteiger partial charge in [0.1, 0.15) is 12.2 Å². The number of nitrogens with zero attached hydrogens (tertiary/aromatic N) is 1. The molecule has 1 heterocycles. The first-order valence-electron chi connectivity index (χ1n) is 9.92. The Morgan fingerprint density at radius 3 is 2.55 bits per heavy atom. The average Bonchev–Trinajstić information content (AvgIpc) is 2.81.